The van der Waals surface area contributed by atoms with Gasteiger partial charge in [-0.15, -0.1) is 6.58 Å². The molecule has 0 radical (unpaired) electrons. The third kappa shape index (κ3) is 7.27. The maximum absolute atomic E-state index is 12.5. The highest BCUT2D eigenvalue weighted by atomic mass is 16.5. The highest BCUT2D eigenvalue weighted by Gasteiger charge is 2.24. The number of ether oxygens (including phenoxy) is 1. The Kier molecular flexibility index (Phi) is 9.80. The Bertz CT molecular complexity index is 904. The van der Waals surface area contributed by atoms with E-state index < -0.39 is 0 Å². The molecule has 2 aromatic rings. The van der Waals surface area contributed by atoms with E-state index in [1.807, 2.05) is 6.08 Å². The van der Waals surface area contributed by atoms with E-state index in [0.717, 1.165) is 32.4 Å². The fourth-order valence-electron chi connectivity index (χ4n) is 3.41. The summed E-state index contributed by atoms with van der Waals surface area (Å²) in [5.41, 5.74) is 9.63. The lowest BCUT2D eigenvalue weighted by Crippen LogP contribution is -2.40. The third-order valence-corrected chi connectivity index (χ3v) is 5.11. The van der Waals surface area contributed by atoms with Gasteiger partial charge in [-0.2, -0.15) is 15.4 Å². The monoisotopic (exact) mass is 428 g/mol. The summed E-state index contributed by atoms with van der Waals surface area (Å²) in [5.74, 6) is 0.982. The number of fused-ring (bicyclic) bond motifs is 1. The van der Waals surface area contributed by atoms with Gasteiger partial charge in [0.05, 0.1) is 12.7 Å². The molecule has 1 aliphatic heterocycles. The molecule has 1 fully saturated rings. The predicted molar refractivity (Wildman–Crippen MR) is 121 cm³/mol. The Morgan fingerprint density at radius 3 is 2.87 bits per heavy atom. The van der Waals surface area contributed by atoms with Crippen LogP contribution in [0, 0.1) is 5.92 Å². The fraction of sp³-hybridized carbons (Fsp3) is 0.571. The number of carbonyl (C=O) groups excluding carboxylic acids is 1. The second-order valence-electron chi connectivity index (χ2n) is 7.79. The number of azide groups is 1. The SMILES string of the molecule is C=CCN1CCCC1CNC(=O)c1cc2n[nH]nc2cc1OC.CC(C)CCN=[N+]=[N-]. The normalized spacial score (nSPS) is 15.8. The molecule has 0 aliphatic carbocycles. The average Bonchev–Trinajstić information content (AvgIpc) is 3.40. The van der Waals surface area contributed by atoms with Gasteiger partial charge in [-0.05, 0) is 43.3 Å². The molecule has 168 valence electrons. The van der Waals surface area contributed by atoms with Gasteiger partial charge >= 0.3 is 0 Å². The van der Waals surface area contributed by atoms with Crippen molar-refractivity contribution in [1.29, 1.82) is 0 Å². The van der Waals surface area contributed by atoms with E-state index in [0.29, 0.717) is 47.4 Å². The van der Waals surface area contributed by atoms with Crippen LogP contribution in [0.25, 0.3) is 21.5 Å². The van der Waals surface area contributed by atoms with Crippen molar-refractivity contribution in [2.24, 2.45) is 11.0 Å². The number of hydrogen-bond acceptors (Lipinski definition) is 6. The van der Waals surface area contributed by atoms with Crippen LogP contribution < -0.4 is 10.1 Å². The number of methoxy groups -OCH3 is 1. The largest absolute Gasteiger partial charge is 0.496 e. The number of H-pyrrole nitrogens is 1. The molecule has 0 spiro atoms. The second kappa shape index (κ2) is 12.6. The van der Waals surface area contributed by atoms with E-state index in [1.165, 1.54) is 0 Å². The lowest BCUT2D eigenvalue weighted by atomic mass is 10.1. The van der Waals surface area contributed by atoms with Gasteiger partial charge in [0.25, 0.3) is 5.91 Å². The Morgan fingerprint density at radius 2 is 2.23 bits per heavy atom. The molecule has 0 bridgehead atoms. The van der Waals surface area contributed by atoms with Crippen molar-refractivity contribution in [1.82, 2.24) is 25.6 Å². The molecule has 1 aliphatic rings. The third-order valence-electron chi connectivity index (χ3n) is 5.11. The van der Waals surface area contributed by atoms with E-state index in [1.54, 1.807) is 19.2 Å². The highest BCUT2D eigenvalue weighted by Crippen LogP contribution is 2.23. The highest BCUT2D eigenvalue weighted by molar-refractivity contribution is 6.00. The summed E-state index contributed by atoms with van der Waals surface area (Å²) >= 11 is 0. The molecule has 1 aromatic carbocycles. The number of nitrogens with one attached hydrogen (secondary N) is 2. The number of nitrogens with zero attached hydrogens (tertiary/aromatic N) is 6. The minimum Gasteiger partial charge on any atom is -0.496 e. The average molecular weight is 429 g/mol. The maximum Gasteiger partial charge on any atom is 0.255 e. The number of aromatic amines is 1. The van der Waals surface area contributed by atoms with Crippen LogP contribution in [0.3, 0.4) is 0 Å². The predicted octanol–water partition coefficient (Wildman–Crippen LogP) is 3.69. The summed E-state index contributed by atoms with van der Waals surface area (Å²) in [6, 6.07) is 3.77. The Hall–Kier alpha value is -3.10. The minimum atomic E-state index is -0.155. The van der Waals surface area contributed by atoms with Gasteiger partial charge < -0.3 is 10.1 Å². The molecule has 1 saturated heterocycles. The number of likely N-dealkylation sites (tertiary alicyclic amines) is 1. The topological polar surface area (TPSA) is 132 Å². The standard InChI is InChI=1S/C16H21N5O2.C5H11N3/c1-3-6-21-7-4-5-11(21)10-17-16(22)12-8-13-14(19-20-18-13)9-15(12)23-2;1-5(2)3-4-7-8-6/h3,8-9,11H,1,4-7,10H2,2H3,(H,17,22)(H,18,19,20);5H,3-4H2,1-2H3. The van der Waals surface area contributed by atoms with Gasteiger partial charge in [0.15, 0.2) is 0 Å². The molecule has 2 heterocycles. The zero-order valence-corrected chi connectivity index (χ0v) is 18.5. The zero-order chi connectivity index (χ0) is 22.6. The van der Waals surface area contributed by atoms with Crippen molar-refractivity contribution in [3.63, 3.8) is 0 Å². The van der Waals surface area contributed by atoms with Gasteiger partial charge in [0.2, 0.25) is 0 Å². The molecule has 3 rings (SSSR count). The van der Waals surface area contributed by atoms with Crippen LogP contribution in [-0.2, 0) is 0 Å². The van der Waals surface area contributed by atoms with Gasteiger partial charge in [0.1, 0.15) is 16.8 Å². The smallest absolute Gasteiger partial charge is 0.255 e. The van der Waals surface area contributed by atoms with Crippen LogP contribution in [0.2, 0.25) is 0 Å². The number of rotatable bonds is 9. The molecular formula is C21H32N8O2. The molecule has 10 heteroatoms. The quantitative estimate of drug-likeness (QED) is 0.272. The van der Waals surface area contributed by atoms with Crippen molar-refractivity contribution in [2.75, 3.05) is 33.3 Å². The lowest BCUT2D eigenvalue weighted by molar-refractivity contribution is 0.0939. The first-order valence-electron chi connectivity index (χ1n) is 10.5. The Morgan fingerprint density at radius 1 is 1.48 bits per heavy atom. The number of carbonyl (C=O) groups is 1. The summed E-state index contributed by atoms with van der Waals surface area (Å²) in [5, 5.41) is 17.0. The van der Waals surface area contributed by atoms with Crippen LogP contribution in [0.5, 0.6) is 5.75 Å². The lowest BCUT2D eigenvalue weighted by Gasteiger charge is -2.23. The van der Waals surface area contributed by atoms with E-state index in [-0.39, 0.29) is 5.91 Å². The van der Waals surface area contributed by atoms with Crippen molar-refractivity contribution in [3.05, 3.63) is 40.8 Å². The summed E-state index contributed by atoms with van der Waals surface area (Å²) in [4.78, 5) is 17.5. The zero-order valence-electron chi connectivity index (χ0n) is 18.5. The summed E-state index contributed by atoms with van der Waals surface area (Å²) in [6.07, 6.45) is 5.14. The molecule has 2 N–H and O–H groups in total. The van der Waals surface area contributed by atoms with Gasteiger partial charge in [0, 0.05) is 36.7 Å². The van der Waals surface area contributed by atoms with Crippen molar-refractivity contribution >= 4 is 16.9 Å². The number of hydrogen-bond donors (Lipinski definition) is 2. The van der Waals surface area contributed by atoms with E-state index >= 15 is 0 Å². The van der Waals surface area contributed by atoms with E-state index in [4.69, 9.17) is 10.3 Å². The summed E-state index contributed by atoms with van der Waals surface area (Å²) < 4.78 is 5.31. The van der Waals surface area contributed by atoms with Crippen molar-refractivity contribution in [2.45, 2.75) is 39.2 Å². The van der Waals surface area contributed by atoms with Crippen LogP contribution >= 0.6 is 0 Å². The second-order valence-corrected chi connectivity index (χ2v) is 7.79. The van der Waals surface area contributed by atoms with Gasteiger partial charge in [-0.25, -0.2) is 0 Å². The summed E-state index contributed by atoms with van der Waals surface area (Å²) in [7, 11) is 1.54. The first kappa shape index (κ1) is 24.2. The molecular weight excluding hydrogens is 396 g/mol. The van der Waals surface area contributed by atoms with E-state index in [2.05, 4.69) is 56.1 Å². The Labute approximate surface area is 182 Å². The number of benzene rings is 1. The van der Waals surface area contributed by atoms with E-state index in [9.17, 15) is 4.79 Å². The molecule has 1 amide bonds. The number of aromatic nitrogens is 3. The summed E-state index contributed by atoms with van der Waals surface area (Å²) in [6.45, 7) is 11.2. The molecule has 1 aromatic heterocycles. The molecule has 0 saturated carbocycles. The molecule has 1 unspecified atom stereocenters. The maximum atomic E-state index is 12.5. The Balaban J connectivity index is 0.000000366. The van der Waals surface area contributed by atoms with Gasteiger partial charge in [-0.1, -0.05) is 25.0 Å². The molecule has 10 nitrogen and oxygen atoms in total. The van der Waals surface area contributed by atoms with Crippen LogP contribution in [0.4, 0.5) is 0 Å². The van der Waals surface area contributed by atoms with Crippen molar-refractivity contribution < 1.29 is 9.53 Å². The molecule has 31 heavy (non-hydrogen) atoms. The molecule has 1 atom stereocenters. The van der Waals surface area contributed by atoms with Crippen molar-refractivity contribution in [3.8, 4) is 5.75 Å². The number of amides is 1. The first-order valence-corrected chi connectivity index (χ1v) is 10.5. The minimum absolute atomic E-state index is 0.155. The van der Waals surface area contributed by atoms with Gasteiger partial charge in [-0.3, -0.25) is 9.69 Å². The fourth-order valence-corrected chi connectivity index (χ4v) is 3.41. The van der Waals surface area contributed by atoms with Crippen LogP contribution in [-0.4, -0.2) is 65.5 Å². The van der Waals surface area contributed by atoms with Crippen LogP contribution in [0.1, 0.15) is 43.5 Å². The van der Waals surface area contributed by atoms with Crippen LogP contribution in [0.15, 0.2) is 29.9 Å². The first-order chi connectivity index (χ1) is 15.0.